The van der Waals surface area contributed by atoms with Crippen LogP contribution >= 0.6 is 0 Å². The minimum atomic E-state index is -0.952. The summed E-state index contributed by atoms with van der Waals surface area (Å²) >= 11 is 0. The molecule has 0 aliphatic carbocycles. The second-order valence-corrected chi connectivity index (χ2v) is 11.1. The van der Waals surface area contributed by atoms with Crippen LogP contribution in [0.25, 0.3) is 5.82 Å². The topological polar surface area (TPSA) is 141 Å². The van der Waals surface area contributed by atoms with Gasteiger partial charge >= 0.3 is 0 Å². The smallest absolute Gasteiger partial charge is 0.249 e. The van der Waals surface area contributed by atoms with Gasteiger partial charge in [-0.25, -0.2) is 19.0 Å². The number of halogens is 1. The number of aromatic amines is 1. The summed E-state index contributed by atoms with van der Waals surface area (Å²) in [6, 6.07) is 6.91. The number of amides is 2. The van der Waals surface area contributed by atoms with Crippen LogP contribution in [0.5, 0.6) is 0 Å². The van der Waals surface area contributed by atoms with E-state index in [4.69, 9.17) is 4.98 Å². The summed E-state index contributed by atoms with van der Waals surface area (Å²) in [5.74, 6) is 1.72. The molecular weight excluding hydrogens is 553 g/mol. The summed E-state index contributed by atoms with van der Waals surface area (Å²) in [5, 5.41) is 14.3. The Bertz CT molecular complexity index is 1640. The van der Waals surface area contributed by atoms with Gasteiger partial charge in [0.2, 0.25) is 17.8 Å². The number of carbonyl (C=O) groups is 2. The van der Waals surface area contributed by atoms with Crippen LogP contribution in [0.15, 0.2) is 42.9 Å². The van der Waals surface area contributed by atoms with Crippen molar-refractivity contribution < 1.29 is 14.0 Å². The van der Waals surface area contributed by atoms with Crippen LogP contribution in [0.4, 0.5) is 22.0 Å². The molecule has 13 nitrogen and oxygen atoms in total. The Hall–Kier alpha value is -4.88. The highest BCUT2D eigenvalue weighted by molar-refractivity contribution is 5.98. The second kappa shape index (κ2) is 11.1. The maximum Gasteiger partial charge on any atom is 0.249 e. The Morgan fingerprint density at radius 1 is 1.09 bits per heavy atom. The molecule has 2 saturated heterocycles. The van der Waals surface area contributed by atoms with Crippen molar-refractivity contribution in [2.75, 3.05) is 36.4 Å². The van der Waals surface area contributed by atoms with E-state index in [9.17, 15) is 14.0 Å². The highest BCUT2D eigenvalue weighted by atomic mass is 19.1. The number of hydrogen-bond donors (Lipinski definition) is 2. The first-order valence-corrected chi connectivity index (χ1v) is 14.3. The van der Waals surface area contributed by atoms with Gasteiger partial charge in [0.05, 0.1) is 18.4 Å². The van der Waals surface area contributed by atoms with E-state index < -0.39 is 11.4 Å². The van der Waals surface area contributed by atoms with E-state index in [1.165, 1.54) is 10.9 Å². The zero-order valence-corrected chi connectivity index (χ0v) is 24.6. The van der Waals surface area contributed by atoms with Gasteiger partial charge < -0.3 is 20.0 Å². The van der Waals surface area contributed by atoms with Crippen molar-refractivity contribution in [3.05, 3.63) is 65.6 Å². The van der Waals surface area contributed by atoms with Crippen LogP contribution in [0.1, 0.15) is 49.7 Å². The van der Waals surface area contributed by atoms with Crippen LogP contribution in [-0.2, 0) is 9.59 Å². The third-order valence-electron chi connectivity index (χ3n) is 8.28. The van der Waals surface area contributed by atoms with Crippen molar-refractivity contribution in [1.82, 2.24) is 44.7 Å². The summed E-state index contributed by atoms with van der Waals surface area (Å²) in [6.07, 6.45) is 4.91. The van der Waals surface area contributed by atoms with Gasteiger partial charge in [0.25, 0.3) is 0 Å². The first-order valence-electron chi connectivity index (χ1n) is 14.3. The number of H-pyrrole nitrogens is 1. The molecule has 1 atom stereocenters. The van der Waals surface area contributed by atoms with Gasteiger partial charge in [0, 0.05) is 49.4 Å². The van der Waals surface area contributed by atoms with Gasteiger partial charge in [0.15, 0.2) is 17.5 Å². The Balaban J connectivity index is 1.20. The number of rotatable bonds is 7. The van der Waals surface area contributed by atoms with E-state index in [1.54, 1.807) is 22.1 Å². The van der Waals surface area contributed by atoms with E-state index in [2.05, 4.69) is 35.5 Å². The SMILES string of the molecule is CCN1C(=O)CN(C(C)c2ccc(-n3cc(F)cn3)nc2)C(=O)C12CCN(c1nc(C)cc(Nc3cc(C)[nH]n3)n1)CC2. The molecule has 14 heteroatoms. The lowest BCUT2D eigenvalue weighted by molar-refractivity contribution is -0.168. The number of piperidine rings is 1. The quantitative estimate of drug-likeness (QED) is 0.334. The summed E-state index contributed by atoms with van der Waals surface area (Å²) < 4.78 is 14.8. The van der Waals surface area contributed by atoms with Crippen LogP contribution in [0.2, 0.25) is 0 Å². The third-order valence-corrected chi connectivity index (χ3v) is 8.28. The Morgan fingerprint density at radius 3 is 2.51 bits per heavy atom. The first kappa shape index (κ1) is 28.2. The number of anilines is 3. The molecule has 43 heavy (non-hydrogen) atoms. The molecule has 2 N–H and O–H groups in total. The molecule has 2 fully saturated rings. The van der Waals surface area contributed by atoms with Crippen LogP contribution in [0.3, 0.4) is 0 Å². The number of likely N-dealkylation sites (N-methyl/N-ethyl adjacent to an activating group) is 1. The van der Waals surface area contributed by atoms with Crippen LogP contribution in [-0.4, -0.2) is 88.3 Å². The minimum absolute atomic E-state index is 0.00585. The van der Waals surface area contributed by atoms with Gasteiger partial charge in [0.1, 0.15) is 17.9 Å². The average molecular weight is 588 g/mol. The lowest BCUT2D eigenvalue weighted by Crippen LogP contribution is -2.70. The molecule has 1 unspecified atom stereocenters. The number of nitrogens with one attached hydrogen (secondary N) is 2. The van der Waals surface area contributed by atoms with E-state index >= 15 is 0 Å². The van der Waals surface area contributed by atoms with Crippen molar-refractivity contribution in [2.45, 2.75) is 52.1 Å². The van der Waals surface area contributed by atoms with Gasteiger partial charge in [-0.05, 0) is 52.2 Å². The number of pyridine rings is 1. The predicted molar refractivity (Wildman–Crippen MR) is 156 cm³/mol. The van der Waals surface area contributed by atoms with E-state index in [0.29, 0.717) is 55.9 Å². The fraction of sp³-hybridized carbons (Fsp3) is 0.414. The van der Waals surface area contributed by atoms with Crippen LogP contribution < -0.4 is 10.2 Å². The maximum absolute atomic E-state index is 14.3. The van der Waals surface area contributed by atoms with Crippen molar-refractivity contribution >= 4 is 29.4 Å². The fourth-order valence-corrected chi connectivity index (χ4v) is 6.03. The first-order chi connectivity index (χ1) is 20.7. The number of aromatic nitrogens is 7. The number of carbonyl (C=O) groups excluding carboxylic acids is 2. The van der Waals surface area contributed by atoms with Crippen molar-refractivity contribution in [1.29, 1.82) is 0 Å². The summed E-state index contributed by atoms with van der Waals surface area (Å²) in [6.45, 7) is 9.12. The fourth-order valence-electron chi connectivity index (χ4n) is 6.03. The highest BCUT2D eigenvalue weighted by Gasteiger charge is 2.54. The zero-order valence-electron chi connectivity index (χ0n) is 24.6. The molecular formula is C29H34FN11O2. The number of piperazine rings is 1. The monoisotopic (exact) mass is 587 g/mol. The molecule has 6 heterocycles. The van der Waals surface area contributed by atoms with Gasteiger partial charge in [-0.15, -0.1) is 0 Å². The van der Waals surface area contributed by atoms with Crippen LogP contribution in [0, 0.1) is 19.7 Å². The minimum Gasteiger partial charge on any atom is -0.341 e. The molecule has 2 aliphatic heterocycles. The predicted octanol–water partition coefficient (Wildman–Crippen LogP) is 3.07. The van der Waals surface area contributed by atoms with E-state index in [0.717, 1.165) is 23.1 Å². The lowest BCUT2D eigenvalue weighted by Gasteiger charge is -2.53. The number of hydrogen-bond acceptors (Lipinski definition) is 9. The van der Waals surface area contributed by atoms with Crippen molar-refractivity contribution in [2.24, 2.45) is 0 Å². The Kier molecular flexibility index (Phi) is 7.28. The normalized spacial score (nSPS) is 17.6. The standard InChI is InChI=1S/C29H34FN11O2/c1-5-40-26(42)17-39(20(4)21-6-7-25(31-14-21)41-16-22(30)15-32-41)27(43)29(40)8-10-38(11-9-29)28-33-18(2)12-23(35-28)34-24-13-19(3)36-37-24/h6-7,12-16,20H,5,8-11,17H2,1-4H3,(H2,33,34,35,36,37). The number of aryl methyl sites for hydroxylation is 2. The van der Waals surface area contributed by atoms with Crippen molar-refractivity contribution in [3.63, 3.8) is 0 Å². The van der Waals surface area contributed by atoms with Gasteiger partial charge in [-0.1, -0.05) is 6.07 Å². The molecule has 0 aromatic carbocycles. The lowest BCUT2D eigenvalue weighted by atomic mass is 9.81. The molecule has 6 rings (SSSR count). The van der Waals surface area contributed by atoms with E-state index in [1.807, 2.05) is 45.9 Å². The highest BCUT2D eigenvalue weighted by Crippen LogP contribution is 2.38. The maximum atomic E-state index is 14.3. The molecule has 0 bridgehead atoms. The molecule has 1 spiro atoms. The summed E-state index contributed by atoms with van der Waals surface area (Å²) in [5.41, 5.74) is 1.56. The number of nitrogens with zero attached hydrogens (tertiary/aromatic N) is 9. The molecule has 2 aliphatic rings. The molecule has 4 aromatic rings. The third kappa shape index (κ3) is 5.28. The molecule has 4 aromatic heterocycles. The summed E-state index contributed by atoms with van der Waals surface area (Å²) in [4.78, 5) is 47.0. The van der Waals surface area contributed by atoms with E-state index in [-0.39, 0.29) is 24.4 Å². The molecule has 2 amide bonds. The van der Waals surface area contributed by atoms with Crippen molar-refractivity contribution in [3.8, 4) is 5.82 Å². The second-order valence-electron chi connectivity index (χ2n) is 11.1. The van der Waals surface area contributed by atoms with Gasteiger partial charge in [-0.3, -0.25) is 14.7 Å². The van der Waals surface area contributed by atoms with Gasteiger partial charge in [-0.2, -0.15) is 15.2 Å². The molecule has 0 saturated carbocycles. The largest absolute Gasteiger partial charge is 0.341 e. The zero-order chi connectivity index (χ0) is 30.3. The molecule has 0 radical (unpaired) electrons. The average Bonchev–Trinajstić information content (AvgIpc) is 3.62. The Labute approximate surface area is 248 Å². The molecule has 224 valence electrons. The summed E-state index contributed by atoms with van der Waals surface area (Å²) in [7, 11) is 0. The Morgan fingerprint density at radius 2 is 1.88 bits per heavy atom.